The average molecular weight is 450 g/mol. The molecule has 33 heavy (non-hydrogen) atoms. The summed E-state index contributed by atoms with van der Waals surface area (Å²) in [4.78, 5) is 27.3. The van der Waals surface area contributed by atoms with E-state index in [9.17, 15) is 19.8 Å². The van der Waals surface area contributed by atoms with Crippen molar-refractivity contribution in [1.29, 1.82) is 0 Å². The molecular weight excluding hydrogens is 424 g/mol. The summed E-state index contributed by atoms with van der Waals surface area (Å²) in [6.07, 6.45) is 5.17. The number of rotatable bonds is 7. The standard InChI is InChI=1S/C25H26N2O6/c28-17-8-5-15(6-9-17)11-20(25(30)31)27-23(18-3-1-2-4-19(18)24(27)29)26-13-16-7-10-21-22(12-16)33-14-32-21/h1-2,5-10,12,18-20,23,26,28H,3-4,11,13-14H2,(H,30,31). The molecule has 5 rings (SSSR count). The van der Waals surface area contributed by atoms with Crippen LogP contribution in [0.3, 0.4) is 0 Å². The molecule has 1 aliphatic carbocycles. The second-order valence-corrected chi connectivity index (χ2v) is 8.70. The molecule has 0 aromatic heterocycles. The number of allylic oxidation sites excluding steroid dienone is 2. The van der Waals surface area contributed by atoms with E-state index in [1.807, 2.05) is 24.3 Å². The second kappa shape index (κ2) is 8.78. The van der Waals surface area contributed by atoms with Crippen LogP contribution in [0.1, 0.15) is 24.0 Å². The molecule has 2 heterocycles. The highest BCUT2D eigenvalue weighted by atomic mass is 16.7. The van der Waals surface area contributed by atoms with Crippen molar-refractivity contribution in [3.05, 3.63) is 65.7 Å². The van der Waals surface area contributed by atoms with Crippen LogP contribution in [0.2, 0.25) is 0 Å². The van der Waals surface area contributed by atoms with Crippen LogP contribution in [0.4, 0.5) is 0 Å². The van der Waals surface area contributed by atoms with Crippen LogP contribution < -0.4 is 14.8 Å². The van der Waals surface area contributed by atoms with Crippen LogP contribution >= 0.6 is 0 Å². The number of carboxylic acid groups (broad SMARTS) is 1. The van der Waals surface area contributed by atoms with Gasteiger partial charge < -0.3 is 24.6 Å². The second-order valence-electron chi connectivity index (χ2n) is 8.70. The molecule has 4 atom stereocenters. The van der Waals surface area contributed by atoms with Crippen LogP contribution in [-0.4, -0.2) is 46.0 Å². The zero-order valence-corrected chi connectivity index (χ0v) is 18.0. The lowest BCUT2D eigenvalue weighted by Crippen LogP contribution is -2.54. The van der Waals surface area contributed by atoms with Gasteiger partial charge in [-0.3, -0.25) is 10.1 Å². The van der Waals surface area contributed by atoms with Crippen molar-refractivity contribution in [2.45, 2.75) is 38.0 Å². The summed E-state index contributed by atoms with van der Waals surface area (Å²) < 4.78 is 10.8. The SMILES string of the molecule is O=C(O)C(Cc1ccc(O)cc1)N1C(=O)C2CC=CCC2C1NCc1ccc2c(c1)OCO2. The summed E-state index contributed by atoms with van der Waals surface area (Å²) in [5.74, 6) is 0.0978. The monoisotopic (exact) mass is 450 g/mol. The van der Waals surface area contributed by atoms with Crippen LogP contribution in [0.5, 0.6) is 17.2 Å². The number of carbonyl (C=O) groups excluding carboxylic acids is 1. The first-order valence-corrected chi connectivity index (χ1v) is 11.1. The van der Waals surface area contributed by atoms with Gasteiger partial charge in [0.2, 0.25) is 12.7 Å². The molecule has 3 aliphatic rings. The molecule has 1 amide bonds. The fraction of sp³-hybridized carbons (Fsp3) is 0.360. The number of hydrogen-bond donors (Lipinski definition) is 3. The number of phenols is 1. The third kappa shape index (κ3) is 4.14. The van der Waals surface area contributed by atoms with E-state index in [-0.39, 0.29) is 36.7 Å². The molecule has 0 spiro atoms. The van der Waals surface area contributed by atoms with Gasteiger partial charge in [0.15, 0.2) is 11.5 Å². The highest BCUT2D eigenvalue weighted by molar-refractivity contribution is 5.88. The number of ether oxygens (including phenoxy) is 2. The topological polar surface area (TPSA) is 108 Å². The summed E-state index contributed by atoms with van der Waals surface area (Å²) in [5, 5.41) is 23.1. The zero-order chi connectivity index (χ0) is 22.9. The fourth-order valence-corrected chi connectivity index (χ4v) is 5.03. The van der Waals surface area contributed by atoms with Crippen molar-refractivity contribution < 1.29 is 29.3 Å². The van der Waals surface area contributed by atoms with Crippen LogP contribution in [0.25, 0.3) is 0 Å². The average Bonchev–Trinajstić information content (AvgIpc) is 3.39. The highest BCUT2D eigenvalue weighted by Crippen LogP contribution is 2.40. The van der Waals surface area contributed by atoms with Crippen LogP contribution in [-0.2, 0) is 22.6 Å². The minimum absolute atomic E-state index is 0.00169. The predicted octanol–water partition coefficient (Wildman–Crippen LogP) is 2.66. The summed E-state index contributed by atoms with van der Waals surface area (Å²) in [5.41, 5.74) is 1.71. The quantitative estimate of drug-likeness (QED) is 0.557. The summed E-state index contributed by atoms with van der Waals surface area (Å²) in [6, 6.07) is 11.1. The third-order valence-electron chi connectivity index (χ3n) is 6.70. The lowest BCUT2D eigenvalue weighted by atomic mass is 9.84. The van der Waals surface area contributed by atoms with Gasteiger partial charge in [-0.2, -0.15) is 0 Å². The number of nitrogens with one attached hydrogen (secondary N) is 1. The maximum Gasteiger partial charge on any atom is 0.326 e. The van der Waals surface area contributed by atoms with Crippen molar-refractivity contribution in [3.8, 4) is 17.2 Å². The summed E-state index contributed by atoms with van der Waals surface area (Å²) >= 11 is 0. The number of carboxylic acids is 1. The predicted molar refractivity (Wildman–Crippen MR) is 119 cm³/mol. The van der Waals surface area contributed by atoms with Crippen molar-refractivity contribution in [2.24, 2.45) is 11.8 Å². The number of aliphatic carboxylic acids is 1. The van der Waals surface area contributed by atoms with Gasteiger partial charge in [0.05, 0.1) is 6.17 Å². The number of likely N-dealkylation sites (tertiary alicyclic amines) is 1. The van der Waals surface area contributed by atoms with Gasteiger partial charge in [0, 0.05) is 24.8 Å². The van der Waals surface area contributed by atoms with Gasteiger partial charge in [-0.1, -0.05) is 30.4 Å². The molecule has 0 bridgehead atoms. The van der Waals surface area contributed by atoms with Gasteiger partial charge >= 0.3 is 5.97 Å². The Morgan fingerprint density at radius 3 is 2.58 bits per heavy atom. The number of amides is 1. The normalized spacial score (nSPS) is 24.1. The summed E-state index contributed by atoms with van der Waals surface area (Å²) in [6.45, 7) is 0.661. The van der Waals surface area contributed by atoms with Gasteiger partial charge in [-0.25, -0.2) is 4.79 Å². The number of nitrogens with zero attached hydrogens (tertiary/aromatic N) is 1. The van der Waals surface area contributed by atoms with Gasteiger partial charge in [-0.15, -0.1) is 0 Å². The maximum atomic E-state index is 13.4. The molecular formula is C25H26N2O6. The van der Waals surface area contributed by atoms with E-state index in [1.165, 1.54) is 17.0 Å². The van der Waals surface area contributed by atoms with Crippen molar-refractivity contribution in [1.82, 2.24) is 10.2 Å². The van der Waals surface area contributed by atoms with Crippen molar-refractivity contribution in [2.75, 3.05) is 6.79 Å². The Labute approximate surface area is 191 Å². The van der Waals surface area contributed by atoms with E-state index in [2.05, 4.69) is 11.4 Å². The Morgan fingerprint density at radius 2 is 1.79 bits per heavy atom. The number of fused-ring (bicyclic) bond motifs is 2. The van der Waals surface area contributed by atoms with E-state index in [0.717, 1.165) is 17.5 Å². The van der Waals surface area contributed by atoms with E-state index in [0.29, 0.717) is 24.5 Å². The molecule has 1 fully saturated rings. The smallest absolute Gasteiger partial charge is 0.326 e. The largest absolute Gasteiger partial charge is 0.508 e. The molecule has 2 aromatic carbocycles. The van der Waals surface area contributed by atoms with Gasteiger partial charge in [0.25, 0.3) is 0 Å². The van der Waals surface area contributed by atoms with Crippen LogP contribution in [0.15, 0.2) is 54.6 Å². The third-order valence-corrected chi connectivity index (χ3v) is 6.70. The number of carbonyl (C=O) groups is 2. The molecule has 0 saturated carbocycles. The molecule has 2 aromatic rings. The molecule has 8 heteroatoms. The Bertz CT molecular complexity index is 1080. The number of benzene rings is 2. The molecule has 172 valence electrons. The zero-order valence-electron chi connectivity index (χ0n) is 18.0. The van der Waals surface area contributed by atoms with Gasteiger partial charge in [0.1, 0.15) is 11.8 Å². The minimum Gasteiger partial charge on any atom is -0.508 e. The molecule has 1 saturated heterocycles. The first-order chi connectivity index (χ1) is 16.0. The lowest BCUT2D eigenvalue weighted by Gasteiger charge is -2.33. The first-order valence-electron chi connectivity index (χ1n) is 11.1. The van der Waals surface area contributed by atoms with Crippen molar-refractivity contribution >= 4 is 11.9 Å². The highest BCUT2D eigenvalue weighted by Gasteiger charge is 2.51. The van der Waals surface area contributed by atoms with E-state index in [1.54, 1.807) is 12.1 Å². The van der Waals surface area contributed by atoms with E-state index >= 15 is 0 Å². The first kappa shape index (κ1) is 21.3. The lowest BCUT2D eigenvalue weighted by molar-refractivity contribution is -0.151. The minimum atomic E-state index is -1.04. The molecule has 4 unspecified atom stereocenters. The Kier molecular flexibility index (Phi) is 5.68. The molecule has 2 aliphatic heterocycles. The fourth-order valence-electron chi connectivity index (χ4n) is 5.03. The summed E-state index contributed by atoms with van der Waals surface area (Å²) in [7, 11) is 0. The molecule has 8 nitrogen and oxygen atoms in total. The maximum absolute atomic E-state index is 13.4. The number of phenolic OH excluding ortho intramolecular Hbond substituents is 1. The Balaban J connectivity index is 1.40. The Morgan fingerprint density at radius 1 is 1.06 bits per heavy atom. The van der Waals surface area contributed by atoms with E-state index in [4.69, 9.17) is 9.47 Å². The van der Waals surface area contributed by atoms with Crippen LogP contribution in [0, 0.1) is 11.8 Å². The number of hydrogen-bond acceptors (Lipinski definition) is 6. The Hall–Kier alpha value is -3.52. The van der Waals surface area contributed by atoms with E-state index < -0.39 is 18.2 Å². The van der Waals surface area contributed by atoms with Crippen molar-refractivity contribution in [3.63, 3.8) is 0 Å². The molecule has 0 radical (unpaired) electrons. The van der Waals surface area contributed by atoms with Gasteiger partial charge in [-0.05, 0) is 48.2 Å². The molecule has 3 N–H and O–H groups in total. The number of aromatic hydroxyl groups is 1.